The molecule has 0 aromatic heterocycles. The van der Waals surface area contributed by atoms with E-state index in [1.165, 1.54) is 24.0 Å². The first-order valence-corrected chi connectivity index (χ1v) is 5.19. The summed E-state index contributed by atoms with van der Waals surface area (Å²) >= 11 is 0. The maximum atomic E-state index is 5.46. The number of hydrogen-bond donors (Lipinski definition) is 1. The molecule has 1 aliphatic rings. The fraction of sp³-hybridized carbons (Fsp3) is 0.500. The van der Waals surface area contributed by atoms with Crippen LogP contribution >= 0.6 is 0 Å². The van der Waals surface area contributed by atoms with Gasteiger partial charge in [-0.15, -0.1) is 0 Å². The van der Waals surface area contributed by atoms with Gasteiger partial charge in [-0.05, 0) is 49.3 Å². The third-order valence-electron chi connectivity index (χ3n) is 2.70. The number of rotatable bonds is 4. The molecule has 0 atom stereocenters. The summed E-state index contributed by atoms with van der Waals surface area (Å²) in [6.07, 6.45) is 5.01. The second-order valence-electron chi connectivity index (χ2n) is 3.91. The minimum Gasteiger partial charge on any atom is -0.330 e. The molecule has 0 saturated heterocycles. The molecule has 0 spiro atoms. The Morgan fingerprint density at radius 1 is 1.15 bits per heavy atom. The molecule has 13 heavy (non-hydrogen) atoms. The Labute approximate surface area is 80.0 Å². The summed E-state index contributed by atoms with van der Waals surface area (Å²) < 4.78 is 0. The van der Waals surface area contributed by atoms with Crippen LogP contribution in [0.2, 0.25) is 0 Å². The number of hydrogen-bond acceptors (Lipinski definition) is 1. The summed E-state index contributed by atoms with van der Waals surface area (Å²) in [7, 11) is 0. The molecule has 0 radical (unpaired) electrons. The zero-order valence-corrected chi connectivity index (χ0v) is 8.00. The van der Waals surface area contributed by atoms with E-state index in [-0.39, 0.29) is 0 Å². The number of aryl methyl sites for hydroxylation is 1. The third-order valence-corrected chi connectivity index (χ3v) is 2.70. The van der Waals surface area contributed by atoms with Crippen LogP contribution in [0.15, 0.2) is 24.3 Å². The number of benzene rings is 1. The Kier molecular flexibility index (Phi) is 2.65. The first kappa shape index (κ1) is 8.76. The average Bonchev–Trinajstić information content (AvgIpc) is 2.99. The molecular formula is C12H17N. The Morgan fingerprint density at radius 2 is 1.85 bits per heavy atom. The predicted molar refractivity (Wildman–Crippen MR) is 55.8 cm³/mol. The van der Waals surface area contributed by atoms with Crippen LogP contribution in [0.25, 0.3) is 0 Å². The van der Waals surface area contributed by atoms with E-state index in [0.717, 1.165) is 25.3 Å². The molecule has 2 N–H and O–H groups in total. The maximum Gasteiger partial charge on any atom is -0.00741 e. The van der Waals surface area contributed by atoms with Crippen molar-refractivity contribution in [1.82, 2.24) is 0 Å². The molecule has 0 aliphatic heterocycles. The van der Waals surface area contributed by atoms with Gasteiger partial charge in [0, 0.05) is 0 Å². The van der Waals surface area contributed by atoms with Crippen LogP contribution < -0.4 is 5.73 Å². The molecule has 0 bridgehead atoms. The summed E-state index contributed by atoms with van der Waals surface area (Å²) in [6.45, 7) is 0.796. The van der Waals surface area contributed by atoms with Crippen LogP contribution in [0.1, 0.15) is 36.3 Å². The zero-order chi connectivity index (χ0) is 9.10. The fourth-order valence-electron chi connectivity index (χ4n) is 1.68. The predicted octanol–water partition coefficient (Wildman–Crippen LogP) is 2.46. The van der Waals surface area contributed by atoms with Crippen molar-refractivity contribution in [1.29, 1.82) is 0 Å². The van der Waals surface area contributed by atoms with Crippen molar-refractivity contribution < 1.29 is 0 Å². The van der Waals surface area contributed by atoms with E-state index < -0.39 is 0 Å². The van der Waals surface area contributed by atoms with E-state index in [4.69, 9.17) is 5.73 Å². The molecule has 1 heteroatoms. The van der Waals surface area contributed by atoms with Crippen LogP contribution in [0.4, 0.5) is 0 Å². The lowest BCUT2D eigenvalue weighted by molar-refractivity contribution is 0.832. The van der Waals surface area contributed by atoms with Crippen molar-refractivity contribution in [3.8, 4) is 0 Å². The Bertz CT molecular complexity index is 259. The highest BCUT2D eigenvalue weighted by Crippen LogP contribution is 2.39. The standard InChI is InChI=1S/C12H17N/c13-9-1-2-10-3-5-11(6-4-10)12-7-8-12/h3-6,12H,1-2,7-9,13H2. The smallest absolute Gasteiger partial charge is 0.00741 e. The highest BCUT2D eigenvalue weighted by molar-refractivity contribution is 5.28. The van der Waals surface area contributed by atoms with E-state index >= 15 is 0 Å². The molecule has 1 nitrogen and oxygen atoms in total. The van der Waals surface area contributed by atoms with Crippen LogP contribution in [0.3, 0.4) is 0 Å². The normalized spacial score (nSPS) is 16.1. The van der Waals surface area contributed by atoms with Gasteiger partial charge >= 0.3 is 0 Å². The summed E-state index contributed by atoms with van der Waals surface area (Å²) in [5.74, 6) is 0.878. The Hall–Kier alpha value is -0.820. The van der Waals surface area contributed by atoms with Crippen LogP contribution in [-0.4, -0.2) is 6.54 Å². The van der Waals surface area contributed by atoms with Crippen molar-refractivity contribution in [2.45, 2.75) is 31.6 Å². The summed E-state index contributed by atoms with van der Waals surface area (Å²) in [5.41, 5.74) is 8.41. The van der Waals surface area contributed by atoms with Gasteiger partial charge in [0.15, 0.2) is 0 Å². The molecule has 2 rings (SSSR count). The molecule has 1 aromatic rings. The van der Waals surface area contributed by atoms with Crippen molar-refractivity contribution in [3.63, 3.8) is 0 Å². The molecule has 0 unspecified atom stereocenters. The van der Waals surface area contributed by atoms with E-state index in [9.17, 15) is 0 Å². The van der Waals surface area contributed by atoms with Gasteiger partial charge in [-0.3, -0.25) is 0 Å². The lowest BCUT2D eigenvalue weighted by Gasteiger charge is -2.01. The second kappa shape index (κ2) is 3.93. The van der Waals surface area contributed by atoms with Crippen molar-refractivity contribution in [2.24, 2.45) is 5.73 Å². The molecule has 0 amide bonds. The topological polar surface area (TPSA) is 26.0 Å². The highest BCUT2D eigenvalue weighted by atomic mass is 14.5. The van der Waals surface area contributed by atoms with Gasteiger partial charge in [0.25, 0.3) is 0 Å². The average molecular weight is 175 g/mol. The molecule has 1 aromatic carbocycles. The molecular weight excluding hydrogens is 158 g/mol. The van der Waals surface area contributed by atoms with Gasteiger partial charge in [0.05, 0.1) is 0 Å². The van der Waals surface area contributed by atoms with Gasteiger partial charge in [0.2, 0.25) is 0 Å². The first-order valence-electron chi connectivity index (χ1n) is 5.19. The highest BCUT2D eigenvalue weighted by Gasteiger charge is 2.22. The monoisotopic (exact) mass is 175 g/mol. The zero-order valence-electron chi connectivity index (χ0n) is 8.00. The van der Waals surface area contributed by atoms with Gasteiger partial charge in [-0.1, -0.05) is 24.3 Å². The maximum absolute atomic E-state index is 5.46. The fourth-order valence-corrected chi connectivity index (χ4v) is 1.68. The quantitative estimate of drug-likeness (QED) is 0.747. The lowest BCUT2D eigenvalue weighted by Crippen LogP contribution is -2.00. The van der Waals surface area contributed by atoms with Crippen molar-refractivity contribution in [3.05, 3.63) is 35.4 Å². The van der Waals surface area contributed by atoms with Crippen LogP contribution in [-0.2, 0) is 6.42 Å². The summed E-state index contributed by atoms with van der Waals surface area (Å²) in [5, 5.41) is 0. The van der Waals surface area contributed by atoms with E-state index in [2.05, 4.69) is 24.3 Å². The van der Waals surface area contributed by atoms with E-state index in [1.807, 2.05) is 0 Å². The Morgan fingerprint density at radius 3 is 2.38 bits per heavy atom. The molecule has 1 aliphatic carbocycles. The van der Waals surface area contributed by atoms with Crippen molar-refractivity contribution >= 4 is 0 Å². The summed E-state index contributed by atoms with van der Waals surface area (Å²) in [4.78, 5) is 0. The molecule has 1 saturated carbocycles. The summed E-state index contributed by atoms with van der Waals surface area (Å²) in [6, 6.07) is 9.07. The lowest BCUT2D eigenvalue weighted by atomic mass is 10.1. The van der Waals surface area contributed by atoms with Gasteiger partial charge in [-0.2, -0.15) is 0 Å². The third kappa shape index (κ3) is 2.31. The van der Waals surface area contributed by atoms with Crippen LogP contribution in [0.5, 0.6) is 0 Å². The van der Waals surface area contributed by atoms with Gasteiger partial charge < -0.3 is 5.73 Å². The Balaban J connectivity index is 1.96. The van der Waals surface area contributed by atoms with Gasteiger partial charge in [0.1, 0.15) is 0 Å². The molecule has 70 valence electrons. The van der Waals surface area contributed by atoms with Gasteiger partial charge in [-0.25, -0.2) is 0 Å². The second-order valence-corrected chi connectivity index (χ2v) is 3.91. The molecule has 0 heterocycles. The minimum atomic E-state index is 0.796. The number of nitrogens with two attached hydrogens (primary N) is 1. The molecule has 1 fully saturated rings. The van der Waals surface area contributed by atoms with E-state index in [1.54, 1.807) is 0 Å². The van der Waals surface area contributed by atoms with Crippen LogP contribution in [0, 0.1) is 0 Å². The first-order chi connectivity index (χ1) is 6.40. The largest absolute Gasteiger partial charge is 0.330 e. The SMILES string of the molecule is NCCCc1ccc(C2CC2)cc1. The van der Waals surface area contributed by atoms with E-state index in [0.29, 0.717) is 0 Å². The minimum absolute atomic E-state index is 0.796. The van der Waals surface area contributed by atoms with Crippen molar-refractivity contribution in [2.75, 3.05) is 6.54 Å².